The normalized spacial score (nSPS) is 14.0. The van der Waals surface area contributed by atoms with E-state index in [1.807, 2.05) is 30.3 Å². The highest BCUT2D eigenvalue weighted by Crippen LogP contribution is 2.23. The van der Waals surface area contributed by atoms with Gasteiger partial charge in [0.1, 0.15) is 0 Å². The molecule has 0 saturated carbocycles. The van der Waals surface area contributed by atoms with E-state index in [1.165, 1.54) is 0 Å². The predicted molar refractivity (Wildman–Crippen MR) is 105 cm³/mol. The van der Waals surface area contributed by atoms with Crippen LogP contribution in [-0.4, -0.2) is 30.3 Å². The van der Waals surface area contributed by atoms with Crippen molar-refractivity contribution in [1.29, 1.82) is 0 Å². The maximum Gasteiger partial charge on any atom is 0.227 e. The fourth-order valence-corrected chi connectivity index (χ4v) is 3.49. The van der Waals surface area contributed by atoms with E-state index in [4.69, 9.17) is 23.2 Å². The molecule has 4 nitrogen and oxygen atoms in total. The summed E-state index contributed by atoms with van der Waals surface area (Å²) in [5, 5.41) is 1.13. The van der Waals surface area contributed by atoms with E-state index in [0.717, 1.165) is 29.8 Å². The van der Waals surface area contributed by atoms with E-state index in [9.17, 15) is 9.59 Å². The number of rotatable bonds is 5. The minimum Gasteiger partial charge on any atom is -0.341 e. The summed E-state index contributed by atoms with van der Waals surface area (Å²) in [5.74, 6) is 0.161. The summed E-state index contributed by atoms with van der Waals surface area (Å²) in [6.45, 7) is 1.19. The fraction of sp³-hybridized carbons (Fsp3) is 0.300. The summed E-state index contributed by atoms with van der Waals surface area (Å²) in [6.07, 6.45) is 1.81. The zero-order valence-electron chi connectivity index (χ0n) is 14.5. The topological polar surface area (TPSA) is 40.6 Å². The molecule has 0 radical (unpaired) electrons. The van der Waals surface area contributed by atoms with Crippen LogP contribution in [0.2, 0.25) is 10.0 Å². The molecule has 2 aromatic rings. The summed E-state index contributed by atoms with van der Waals surface area (Å²) in [5.41, 5.74) is 2.67. The highest BCUT2D eigenvalue weighted by atomic mass is 35.5. The van der Waals surface area contributed by atoms with E-state index >= 15 is 0 Å². The first-order chi connectivity index (χ1) is 12.4. The van der Waals surface area contributed by atoms with Crippen LogP contribution < -0.4 is 4.90 Å². The van der Waals surface area contributed by atoms with Gasteiger partial charge in [0.25, 0.3) is 0 Å². The van der Waals surface area contributed by atoms with Crippen molar-refractivity contribution in [2.45, 2.75) is 25.8 Å². The van der Waals surface area contributed by atoms with E-state index in [-0.39, 0.29) is 11.8 Å². The smallest absolute Gasteiger partial charge is 0.227 e. The van der Waals surface area contributed by atoms with Gasteiger partial charge in [-0.3, -0.25) is 9.59 Å². The minimum absolute atomic E-state index is 0.000940. The largest absolute Gasteiger partial charge is 0.341 e. The number of carbonyl (C=O) groups excluding carboxylic acids is 2. The summed E-state index contributed by atoms with van der Waals surface area (Å²) >= 11 is 12.1. The van der Waals surface area contributed by atoms with Gasteiger partial charge in [0.15, 0.2) is 0 Å². The second-order valence-electron chi connectivity index (χ2n) is 6.48. The van der Waals surface area contributed by atoms with Crippen LogP contribution in [-0.2, 0) is 22.6 Å². The Bertz CT molecular complexity index is 821. The van der Waals surface area contributed by atoms with Crippen LogP contribution in [0.1, 0.15) is 24.0 Å². The summed E-state index contributed by atoms with van der Waals surface area (Å²) in [4.78, 5) is 27.7. The first-order valence-electron chi connectivity index (χ1n) is 8.51. The highest BCUT2D eigenvalue weighted by molar-refractivity contribution is 6.35. The van der Waals surface area contributed by atoms with Gasteiger partial charge in [0.05, 0.1) is 6.42 Å². The molecule has 0 atom stereocenters. The van der Waals surface area contributed by atoms with Gasteiger partial charge in [0, 0.05) is 42.3 Å². The average molecular weight is 391 g/mol. The maximum absolute atomic E-state index is 12.5. The third kappa shape index (κ3) is 4.37. The Morgan fingerprint density at radius 2 is 1.88 bits per heavy atom. The lowest BCUT2D eigenvalue weighted by Crippen LogP contribution is -2.28. The van der Waals surface area contributed by atoms with Crippen LogP contribution in [0.3, 0.4) is 0 Å². The van der Waals surface area contributed by atoms with Gasteiger partial charge in [-0.15, -0.1) is 0 Å². The molecule has 1 fully saturated rings. The van der Waals surface area contributed by atoms with Crippen molar-refractivity contribution >= 4 is 40.7 Å². The van der Waals surface area contributed by atoms with Crippen molar-refractivity contribution in [3.05, 3.63) is 63.6 Å². The van der Waals surface area contributed by atoms with E-state index < -0.39 is 0 Å². The molecule has 0 aromatic heterocycles. The van der Waals surface area contributed by atoms with E-state index in [1.54, 1.807) is 29.0 Å². The van der Waals surface area contributed by atoms with E-state index in [2.05, 4.69) is 0 Å². The molecular formula is C20H20Cl2N2O2. The molecule has 2 aromatic carbocycles. The third-order valence-electron chi connectivity index (χ3n) is 4.53. The molecule has 0 aliphatic carbocycles. The molecule has 0 spiro atoms. The van der Waals surface area contributed by atoms with Crippen molar-refractivity contribution in [2.75, 3.05) is 18.5 Å². The van der Waals surface area contributed by atoms with Gasteiger partial charge in [0.2, 0.25) is 11.8 Å². The quantitative estimate of drug-likeness (QED) is 0.762. The summed E-state index contributed by atoms with van der Waals surface area (Å²) in [6, 6.07) is 12.9. The van der Waals surface area contributed by atoms with E-state index in [0.29, 0.717) is 29.4 Å². The Morgan fingerprint density at radius 3 is 2.50 bits per heavy atom. The molecule has 2 amide bonds. The second kappa shape index (κ2) is 8.11. The van der Waals surface area contributed by atoms with Gasteiger partial charge >= 0.3 is 0 Å². The molecule has 1 heterocycles. The fourth-order valence-electron chi connectivity index (χ4n) is 3.02. The zero-order chi connectivity index (χ0) is 18.7. The first kappa shape index (κ1) is 18.7. The molecule has 1 saturated heterocycles. The molecule has 3 rings (SSSR count). The van der Waals surface area contributed by atoms with Gasteiger partial charge in [-0.1, -0.05) is 41.4 Å². The van der Waals surface area contributed by atoms with Gasteiger partial charge in [-0.2, -0.15) is 0 Å². The van der Waals surface area contributed by atoms with Crippen molar-refractivity contribution in [1.82, 2.24) is 4.90 Å². The molecule has 1 aliphatic rings. The minimum atomic E-state index is 0.000940. The Labute approximate surface area is 163 Å². The van der Waals surface area contributed by atoms with Crippen molar-refractivity contribution < 1.29 is 9.59 Å². The van der Waals surface area contributed by atoms with Crippen molar-refractivity contribution in [3.8, 4) is 0 Å². The van der Waals surface area contributed by atoms with Gasteiger partial charge < -0.3 is 9.80 Å². The lowest BCUT2D eigenvalue weighted by atomic mass is 10.1. The predicted octanol–water partition coefficient (Wildman–Crippen LogP) is 4.32. The molecule has 26 heavy (non-hydrogen) atoms. The second-order valence-corrected chi connectivity index (χ2v) is 7.32. The average Bonchev–Trinajstić information content (AvgIpc) is 3.04. The first-order valence-corrected chi connectivity index (χ1v) is 9.27. The number of halogens is 2. The Kier molecular flexibility index (Phi) is 5.84. The standard InChI is InChI=1S/C20H20Cl2N2O2/c1-23(13-15-6-7-16(21)12-18(15)22)20(26)11-14-4-8-17(9-5-14)24-10-2-3-19(24)25/h4-9,12H,2-3,10-11,13H2,1H3. The van der Waals surface area contributed by atoms with Gasteiger partial charge in [-0.25, -0.2) is 0 Å². The molecular weight excluding hydrogens is 371 g/mol. The van der Waals surface area contributed by atoms with Crippen LogP contribution in [0.15, 0.2) is 42.5 Å². The molecule has 0 bridgehead atoms. The number of amides is 2. The molecule has 0 N–H and O–H groups in total. The number of hydrogen-bond acceptors (Lipinski definition) is 2. The molecule has 1 aliphatic heterocycles. The van der Waals surface area contributed by atoms with Crippen LogP contribution in [0.5, 0.6) is 0 Å². The van der Waals surface area contributed by atoms with Crippen LogP contribution >= 0.6 is 23.2 Å². The maximum atomic E-state index is 12.5. The van der Waals surface area contributed by atoms with Crippen LogP contribution in [0.25, 0.3) is 0 Å². The Balaban J connectivity index is 1.61. The SMILES string of the molecule is CN(Cc1ccc(Cl)cc1Cl)C(=O)Cc1ccc(N2CCCC2=O)cc1. The van der Waals surface area contributed by atoms with Gasteiger partial charge in [-0.05, 0) is 41.8 Å². The molecule has 0 unspecified atom stereocenters. The zero-order valence-corrected chi connectivity index (χ0v) is 16.1. The Hall–Kier alpha value is -2.04. The van der Waals surface area contributed by atoms with Crippen LogP contribution in [0, 0.1) is 0 Å². The number of anilines is 1. The van der Waals surface area contributed by atoms with Crippen molar-refractivity contribution in [2.24, 2.45) is 0 Å². The summed E-state index contributed by atoms with van der Waals surface area (Å²) < 4.78 is 0. The summed E-state index contributed by atoms with van der Waals surface area (Å²) in [7, 11) is 1.75. The number of benzene rings is 2. The highest BCUT2D eigenvalue weighted by Gasteiger charge is 2.21. The lowest BCUT2D eigenvalue weighted by molar-refractivity contribution is -0.129. The number of likely N-dealkylation sites (N-methyl/N-ethyl adjacent to an activating group) is 1. The lowest BCUT2D eigenvalue weighted by Gasteiger charge is -2.19. The third-order valence-corrected chi connectivity index (χ3v) is 5.11. The molecule has 136 valence electrons. The number of hydrogen-bond donors (Lipinski definition) is 0. The van der Waals surface area contributed by atoms with Crippen molar-refractivity contribution in [3.63, 3.8) is 0 Å². The van der Waals surface area contributed by atoms with Crippen LogP contribution in [0.4, 0.5) is 5.69 Å². The number of carbonyl (C=O) groups is 2. The number of nitrogens with zero attached hydrogens (tertiary/aromatic N) is 2. The molecule has 6 heteroatoms. The monoisotopic (exact) mass is 390 g/mol. The Morgan fingerprint density at radius 1 is 1.15 bits per heavy atom.